The van der Waals surface area contributed by atoms with E-state index in [9.17, 15) is 9.59 Å². The van der Waals surface area contributed by atoms with E-state index < -0.39 is 11.8 Å². The average molecular weight is 360 g/mol. The minimum Gasteiger partial charge on any atom is -0.455 e. The van der Waals surface area contributed by atoms with Crippen molar-refractivity contribution in [1.29, 1.82) is 0 Å². The van der Waals surface area contributed by atoms with Gasteiger partial charge in [0, 0.05) is 12.2 Å². The van der Waals surface area contributed by atoms with Crippen LogP contribution in [0.5, 0.6) is 11.5 Å². The number of carbonyl (C=O) groups is 2. The number of nitrogens with zero attached hydrogens (tertiary/aromatic N) is 1. The van der Waals surface area contributed by atoms with Crippen LogP contribution in [-0.2, 0) is 9.59 Å². The van der Waals surface area contributed by atoms with E-state index in [-0.39, 0.29) is 0 Å². The largest absolute Gasteiger partial charge is 0.455 e. The third-order valence-electron chi connectivity index (χ3n) is 3.93. The molecule has 2 amide bonds. The Morgan fingerprint density at radius 1 is 0.852 bits per heavy atom. The van der Waals surface area contributed by atoms with Crippen LogP contribution in [0.1, 0.15) is 6.92 Å². The van der Waals surface area contributed by atoms with Crippen LogP contribution < -0.4 is 15.0 Å². The van der Waals surface area contributed by atoms with Crippen LogP contribution in [-0.4, -0.2) is 18.4 Å². The minimum atomic E-state index is -0.718. The Labute approximate surface area is 158 Å². The predicted molar refractivity (Wildman–Crippen MR) is 106 cm³/mol. The number of likely N-dealkylation sites (N-methyl/N-ethyl adjacent to an activating group) is 1. The molecule has 0 spiro atoms. The smallest absolute Gasteiger partial charge is 0.316 e. The Balaban J connectivity index is 1.77. The van der Waals surface area contributed by atoms with Gasteiger partial charge in [-0.25, -0.2) is 0 Å². The monoisotopic (exact) mass is 360 g/mol. The Hall–Kier alpha value is -3.60. The number of nitrogens with one attached hydrogen (secondary N) is 1. The van der Waals surface area contributed by atoms with Gasteiger partial charge in [-0.1, -0.05) is 48.5 Å². The standard InChI is InChI=1S/C22H20N2O3/c1-2-24(17-11-5-3-6-12-17)22(26)21(25)23-19-15-9-10-16-20(19)27-18-13-7-4-8-14-18/h3-16H,2H2,1H3,(H,23,25). The van der Waals surface area contributed by atoms with E-state index >= 15 is 0 Å². The van der Waals surface area contributed by atoms with Gasteiger partial charge in [-0.15, -0.1) is 0 Å². The van der Waals surface area contributed by atoms with Gasteiger partial charge in [0.25, 0.3) is 0 Å². The van der Waals surface area contributed by atoms with E-state index in [0.29, 0.717) is 29.4 Å². The van der Waals surface area contributed by atoms with Crippen molar-refractivity contribution in [2.45, 2.75) is 6.92 Å². The second kappa shape index (κ2) is 8.67. The van der Waals surface area contributed by atoms with Crippen molar-refractivity contribution in [3.05, 3.63) is 84.9 Å². The van der Waals surface area contributed by atoms with E-state index in [1.807, 2.05) is 55.5 Å². The lowest BCUT2D eigenvalue weighted by molar-refractivity contribution is -0.134. The molecular formula is C22H20N2O3. The second-order valence-corrected chi connectivity index (χ2v) is 5.75. The predicted octanol–water partition coefficient (Wildman–Crippen LogP) is 4.47. The van der Waals surface area contributed by atoms with Gasteiger partial charge in [-0.2, -0.15) is 0 Å². The van der Waals surface area contributed by atoms with Gasteiger partial charge in [-0.05, 0) is 43.3 Å². The fraction of sp³-hybridized carbons (Fsp3) is 0.0909. The van der Waals surface area contributed by atoms with Crippen LogP contribution in [0.4, 0.5) is 11.4 Å². The molecule has 0 aliphatic carbocycles. The Kier molecular flexibility index (Phi) is 5.84. The average Bonchev–Trinajstić information content (AvgIpc) is 2.71. The summed E-state index contributed by atoms with van der Waals surface area (Å²) in [7, 11) is 0. The number of para-hydroxylation sites is 4. The summed E-state index contributed by atoms with van der Waals surface area (Å²) in [5.74, 6) is -0.236. The summed E-state index contributed by atoms with van der Waals surface area (Å²) in [4.78, 5) is 26.6. The fourth-order valence-electron chi connectivity index (χ4n) is 2.62. The second-order valence-electron chi connectivity index (χ2n) is 5.75. The highest BCUT2D eigenvalue weighted by atomic mass is 16.5. The summed E-state index contributed by atoms with van der Waals surface area (Å²) >= 11 is 0. The summed E-state index contributed by atoms with van der Waals surface area (Å²) in [5, 5.41) is 2.66. The first-order valence-electron chi connectivity index (χ1n) is 8.69. The topological polar surface area (TPSA) is 58.6 Å². The molecule has 0 saturated heterocycles. The molecule has 0 atom stereocenters. The van der Waals surface area contributed by atoms with Crippen molar-refractivity contribution in [3.63, 3.8) is 0 Å². The molecule has 0 bridgehead atoms. The van der Waals surface area contributed by atoms with E-state index in [2.05, 4.69) is 5.32 Å². The highest BCUT2D eigenvalue weighted by molar-refractivity contribution is 6.44. The molecule has 3 aromatic rings. The Bertz CT molecular complexity index is 911. The van der Waals surface area contributed by atoms with Crippen LogP contribution >= 0.6 is 0 Å². The Morgan fingerprint density at radius 3 is 2.11 bits per heavy atom. The number of carbonyl (C=O) groups excluding carboxylic acids is 2. The molecular weight excluding hydrogens is 340 g/mol. The lowest BCUT2D eigenvalue weighted by Crippen LogP contribution is -2.39. The molecule has 1 N–H and O–H groups in total. The SMILES string of the molecule is CCN(C(=O)C(=O)Nc1ccccc1Oc1ccccc1)c1ccccc1. The zero-order valence-corrected chi connectivity index (χ0v) is 15.0. The fourth-order valence-corrected chi connectivity index (χ4v) is 2.62. The molecule has 0 radical (unpaired) electrons. The van der Waals surface area contributed by atoms with E-state index in [0.717, 1.165) is 0 Å². The molecule has 0 aliphatic rings. The molecule has 5 nitrogen and oxygen atoms in total. The van der Waals surface area contributed by atoms with Crippen molar-refractivity contribution < 1.29 is 14.3 Å². The van der Waals surface area contributed by atoms with Gasteiger partial charge in [0.05, 0.1) is 5.69 Å². The van der Waals surface area contributed by atoms with Crippen LogP contribution in [0.3, 0.4) is 0 Å². The van der Waals surface area contributed by atoms with Crippen molar-refractivity contribution in [3.8, 4) is 11.5 Å². The number of benzene rings is 3. The molecule has 0 aliphatic heterocycles. The molecule has 136 valence electrons. The van der Waals surface area contributed by atoms with E-state index in [1.54, 1.807) is 36.4 Å². The number of hydrogen-bond acceptors (Lipinski definition) is 3. The van der Waals surface area contributed by atoms with E-state index in [1.165, 1.54) is 4.90 Å². The van der Waals surface area contributed by atoms with Crippen molar-refractivity contribution in [2.75, 3.05) is 16.8 Å². The van der Waals surface area contributed by atoms with E-state index in [4.69, 9.17) is 4.74 Å². The van der Waals surface area contributed by atoms with Crippen molar-refractivity contribution in [1.82, 2.24) is 0 Å². The maximum absolute atomic E-state index is 12.6. The van der Waals surface area contributed by atoms with Crippen molar-refractivity contribution >= 4 is 23.2 Å². The van der Waals surface area contributed by atoms with Crippen molar-refractivity contribution in [2.24, 2.45) is 0 Å². The third kappa shape index (κ3) is 4.52. The summed E-state index contributed by atoms with van der Waals surface area (Å²) in [6.45, 7) is 2.21. The van der Waals surface area contributed by atoms with Crippen LogP contribution in [0.25, 0.3) is 0 Å². The van der Waals surface area contributed by atoms with Crippen LogP contribution in [0, 0.1) is 0 Å². The first-order valence-corrected chi connectivity index (χ1v) is 8.69. The van der Waals surface area contributed by atoms with Gasteiger partial charge < -0.3 is 15.0 Å². The molecule has 0 aromatic heterocycles. The summed E-state index contributed by atoms with van der Waals surface area (Å²) in [5.41, 5.74) is 1.11. The highest BCUT2D eigenvalue weighted by Gasteiger charge is 2.23. The minimum absolute atomic E-state index is 0.387. The molecule has 0 fully saturated rings. The number of hydrogen-bond donors (Lipinski definition) is 1. The van der Waals surface area contributed by atoms with Gasteiger partial charge in [0.2, 0.25) is 0 Å². The molecule has 27 heavy (non-hydrogen) atoms. The maximum atomic E-state index is 12.6. The lowest BCUT2D eigenvalue weighted by Gasteiger charge is -2.20. The normalized spacial score (nSPS) is 10.1. The lowest BCUT2D eigenvalue weighted by atomic mass is 10.2. The van der Waals surface area contributed by atoms with Gasteiger partial charge in [0.15, 0.2) is 5.75 Å². The molecule has 0 saturated carbocycles. The van der Waals surface area contributed by atoms with Crippen LogP contribution in [0.15, 0.2) is 84.9 Å². The Morgan fingerprint density at radius 2 is 1.44 bits per heavy atom. The zero-order chi connectivity index (χ0) is 19.1. The maximum Gasteiger partial charge on any atom is 0.316 e. The molecule has 0 heterocycles. The quantitative estimate of drug-likeness (QED) is 0.683. The zero-order valence-electron chi connectivity index (χ0n) is 15.0. The molecule has 5 heteroatoms. The molecule has 3 rings (SSSR count). The van der Waals surface area contributed by atoms with Gasteiger partial charge in [-0.3, -0.25) is 9.59 Å². The summed E-state index contributed by atoms with van der Waals surface area (Å²) in [6.07, 6.45) is 0. The molecule has 0 unspecified atom stereocenters. The van der Waals surface area contributed by atoms with Gasteiger partial charge >= 0.3 is 11.8 Å². The highest BCUT2D eigenvalue weighted by Crippen LogP contribution is 2.29. The number of rotatable bonds is 5. The van der Waals surface area contributed by atoms with Gasteiger partial charge in [0.1, 0.15) is 5.75 Å². The first kappa shape index (κ1) is 18.2. The summed E-state index contributed by atoms with van der Waals surface area (Å²) < 4.78 is 5.82. The summed E-state index contributed by atoms with van der Waals surface area (Å²) in [6, 6.07) is 25.4. The molecule has 3 aromatic carbocycles. The first-order chi connectivity index (χ1) is 13.2. The van der Waals surface area contributed by atoms with Crippen LogP contribution in [0.2, 0.25) is 0 Å². The number of amides is 2. The number of anilines is 2. The third-order valence-corrected chi connectivity index (χ3v) is 3.93. The number of ether oxygens (including phenoxy) is 1.